The number of nitrogens with zero attached hydrogens (tertiary/aromatic N) is 2. The second kappa shape index (κ2) is 8.45. The van der Waals surface area contributed by atoms with Crippen molar-refractivity contribution >= 4 is 22.5 Å². The van der Waals surface area contributed by atoms with Gasteiger partial charge in [-0.15, -0.1) is 0 Å². The lowest BCUT2D eigenvalue weighted by molar-refractivity contribution is 0.414. The Morgan fingerprint density at radius 3 is 2.48 bits per heavy atom. The number of hydrogen-bond donors (Lipinski definition) is 1. The minimum absolute atomic E-state index is 0.0627. The van der Waals surface area contributed by atoms with Crippen LogP contribution in [0.5, 0.6) is 5.75 Å². The van der Waals surface area contributed by atoms with Crippen molar-refractivity contribution in [2.24, 2.45) is 5.73 Å². The highest BCUT2D eigenvalue weighted by Crippen LogP contribution is 2.28. The number of fused-ring (bicyclic) bond motifs is 1. The van der Waals surface area contributed by atoms with E-state index in [9.17, 15) is 13.6 Å². The molecule has 0 amide bonds. The minimum atomic E-state index is -0.836. The number of ether oxygens (including phenoxy) is 1. The zero-order chi connectivity index (χ0) is 22.1. The molecule has 3 aromatic carbocycles. The topological polar surface area (TPSA) is 70.1 Å². The van der Waals surface area contributed by atoms with Crippen LogP contribution in [-0.4, -0.2) is 16.7 Å². The molecule has 0 bridgehead atoms. The van der Waals surface area contributed by atoms with E-state index in [0.29, 0.717) is 27.9 Å². The molecule has 2 N–H and O–H groups in total. The predicted molar refractivity (Wildman–Crippen MR) is 116 cm³/mol. The third kappa shape index (κ3) is 4.15. The lowest BCUT2D eigenvalue weighted by atomic mass is 10.0. The normalized spacial score (nSPS) is 12.2. The molecule has 0 fully saturated rings. The van der Waals surface area contributed by atoms with Crippen molar-refractivity contribution in [2.75, 3.05) is 7.11 Å². The van der Waals surface area contributed by atoms with Gasteiger partial charge >= 0.3 is 0 Å². The number of para-hydroxylation sites is 1. The molecule has 1 aromatic heterocycles. The first-order chi connectivity index (χ1) is 14.9. The third-order valence-electron chi connectivity index (χ3n) is 4.91. The van der Waals surface area contributed by atoms with E-state index >= 15 is 0 Å². The molecular weight excluding hydrogens is 424 g/mol. The first-order valence-electron chi connectivity index (χ1n) is 9.43. The van der Waals surface area contributed by atoms with Crippen LogP contribution < -0.4 is 16.0 Å². The van der Waals surface area contributed by atoms with Crippen LogP contribution in [0.2, 0.25) is 5.02 Å². The largest absolute Gasteiger partial charge is 0.497 e. The number of nitrogens with two attached hydrogens (primary N) is 1. The van der Waals surface area contributed by atoms with Crippen molar-refractivity contribution in [3.8, 4) is 11.4 Å². The van der Waals surface area contributed by atoms with Gasteiger partial charge in [0.2, 0.25) is 0 Å². The summed E-state index contributed by atoms with van der Waals surface area (Å²) in [7, 11) is 1.51. The summed E-state index contributed by atoms with van der Waals surface area (Å²) in [6, 6.07) is 14.1. The third-order valence-corrected chi connectivity index (χ3v) is 5.21. The average Bonchev–Trinajstić information content (AvgIpc) is 2.73. The van der Waals surface area contributed by atoms with E-state index in [1.165, 1.54) is 23.8 Å². The summed E-state index contributed by atoms with van der Waals surface area (Å²) in [5.41, 5.74) is 7.23. The SMILES string of the molecule is COc1ccc(-n2c(C(N)Cc3cc(F)cc(F)c3)nc3ccccc3c2=O)c(Cl)c1. The number of benzene rings is 3. The first kappa shape index (κ1) is 21.0. The van der Waals surface area contributed by atoms with Crippen LogP contribution in [0, 0.1) is 11.6 Å². The maximum Gasteiger partial charge on any atom is 0.266 e. The lowest BCUT2D eigenvalue weighted by Gasteiger charge is -2.20. The van der Waals surface area contributed by atoms with Gasteiger partial charge in [0, 0.05) is 12.1 Å². The zero-order valence-corrected chi connectivity index (χ0v) is 17.2. The number of rotatable bonds is 5. The molecule has 1 unspecified atom stereocenters. The molecule has 31 heavy (non-hydrogen) atoms. The van der Waals surface area contributed by atoms with E-state index in [1.807, 2.05) is 0 Å². The molecular formula is C23H18ClF2N3O2. The van der Waals surface area contributed by atoms with Crippen LogP contribution in [0.3, 0.4) is 0 Å². The highest BCUT2D eigenvalue weighted by Gasteiger charge is 2.21. The molecule has 0 radical (unpaired) electrons. The predicted octanol–water partition coefficient (Wildman–Crippen LogP) is 4.57. The summed E-state index contributed by atoms with van der Waals surface area (Å²) in [5.74, 6) is -0.661. The van der Waals surface area contributed by atoms with E-state index in [-0.39, 0.29) is 22.8 Å². The van der Waals surface area contributed by atoms with E-state index < -0.39 is 17.7 Å². The fourth-order valence-corrected chi connectivity index (χ4v) is 3.76. The van der Waals surface area contributed by atoms with Gasteiger partial charge in [0.15, 0.2) is 0 Å². The van der Waals surface area contributed by atoms with Crippen molar-refractivity contribution in [3.63, 3.8) is 0 Å². The van der Waals surface area contributed by atoms with Crippen molar-refractivity contribution < 1.29 is 13.5 Å². The Hall–Kier alpha value is -3.29. The Balaban J connectivity index is 1.91. The zero-order valence-electron chi connectivity index (χ0n) is 16.5. The van der Waals surface area contributed by atoms with Crippen molar-refractivity contribution in [2.45, 2.75) is 12.5 Å². The summed E-state index contributed by atoms with van der Waals surface area (Å²) in [4.78, 5) is 18.0. The van der Waals surface area contributed by atoms with Crippen molar-refractivity contribution in [1.29, 1.82) is 0 Å². The quantitative estimate of drug-likeness (QED) is 0.492. The Bertz CT molecular complexity index is 1320. The summed E-state index contributed by atoms with van der Waals surface area (Å²) in [6.45, 7) is 0. The van der Waals surface area contributed by atoms with Gasteiger partial charge in [-0.2, -0.15) is 0 Å². The highest BCUT2D eigenvalue weighted by molar-refractivity contribution is 6.32. The van der Waals surface area contributed by atoms with Gasteiger partial charge in [-0.25, -0.2) is 13.8 Å². The van der Waals surface area contributed by atoms with Crippen LogP contribution in [0.4, 0.5) is 8.78 Å². The molecule has 0 aliphatic carbocycles. The molecule has 0 aliphatic rings. The number of hydrogen-bond acceptors (Lipinski definition) is 4. The molecule has 1 heterocycles. The van der Waals surface area contributed by atoms with Gasteiger partial charge < -0.3 is 10.5 Å². The second-order valence-corrected chi connectivity index (χ2v) is 7.44. The van der Waals surface area contributed by atoms with E-state index in [2.05, 4.69) is 4.98 Å². The summed E-state index contributed by atoms with van der Waals surface area (Å²) in [5, 5.41) is 0.658. The fourth-order valence-electron chi connectivity index (χ4n) is 3.50. The van der Waals surface area contributed by atoms with Crippen LogP contribution >= 0.6 is 11.6 Å². The van der Waals surface area contributed by atoms with Crippen LogP contribution in [0.25, 0.3) is 16.6 Å². The molecule has 0 spiro atoms. The van der Waals surface area contributed by atoms with Crippen LogP contribution in [0.1, 0.15) is 17.4 Å². The molecule has 8 heteroatoms. The first-order valence-corrected chi connectivity index (χ1v) is 9.81. The molecule has 158 valence electrons. The van der Waals surface area contributed by atoms with Crippen LogP contribution in [0.15, 0.2) is 65.5 Å². The Morgan fingerprint density at radius 1 is 1.10 bits per heavy atom. The monoisotopic (exact) mass is 441 g/mol. The minimum Gasteiger partial charge on any atom is -0.497 e. The van der Waals surface area contributed by atoms with Crippen molar-refractivity contribution in [3.05, 3.63) is 99.1 Å². The molecule has 0 aliphatic heterocycles. The number of methoxy groups -OCH3 is 1. The van der Waals surface area contributed by atoms with Crippen LogP contribution in [-0.2, 0) is 6.42 Å². The number of aromatic nitrogens is 2. The molecule has 1 atom stereocenters. The lowest BCUT2D eigenvalue weighted by Crippen LogP contribution is -2.29. The molecule has 4 aromatic rings. The average molecular weight is 442 g/mol. The van der Waals surface area contributed by atoms with Crippen molar-refractivity contribution in [1.82, 2.24) is 9.55 Å². The summed E-state index contributed by atoms with van der Waals surface area (Å²) in [6.07, 6.45) is 0.0627. The molecule has 4 rings (SSSR count). The van der Waals surface area contributed by atoms with Gasteiger partial charge in [-0.1, -0.05) is 23.7 Å². The summed E-state index contributed by atoms with van der Waals surface area (Å²) >= 11 is 6.44. The number of halogens is 3. The maximum absolute atomic E-state index is 13.6. The standard InChI is InChI=1S/C23H18ClF2N3O2/c1-31-16-6-7-21(18(24)12-16)29-22(28-20-5-3-2-4-17(20)23(29)30)19(27)10-13-8-14(25)11-15(26)9-13/h2-9,11-12,19H,10,27H2,1H3. The van der Waals surface area contributed by atoms with Gasteiger partial charge in [0.1, 0.15) is 23.2 Å². The molecule has 0 saturated carbocycles. The van der Waals surface area contributed by atoms with Gasteiger partial charge in [0.25, 0.3) is 5.56 Å². The summed E-state index contributed by atoms with van der Waals surface area (Å²) < 4.78 is 33.8. The fraction of sp³-hybridized carbons (Fsp3) is 0.130. The van der Waals surface area contributed by atoms with E-state index in [4.69, 9.17) is 22.1 Å². The van der Waals surface area contributed by atoms with Gasteiger partial charge in [-0.05, 0) is 48.4 Å². The molecule has 0 saturated heterocycles. The molecule has 5 nitrogen and oxygen atoms in total. The Kier molecular flexibility index (Phi) is 5.71. The van der Waals surface area contributed by atoms with Gasteiger partial charge in [0.05, 0.1) is 34.8 Å². The Morgan fingerprint density at radius 2 is 1.81 bits per heavy atom. The second-order valence-electron chi connectivity index (χ2n) is 7.03. The maximum atomic E-state index is 13.6. The Labute approximate surface area is 181 Å². The van der Waals surface area contributed by atoms with E-state index in [1.54, 1.807) is 42.5 Å². The smallest absolute Gasteiger partial charge is 0.266 e. The highest BCUT2D eigenvalue weighted by atomic mass is 35.5. The van der Waals surface area contributed by atoms with E-state index in [0.717, 1.165) is 6.07 Å². The van der Waals surface area contributed by atoms with Gasteiger partial charge in [-0.3, -0.25) is 9.36 Å².